The van der Waals surface area contributed by atoms with E-state index in [0.29, 0.717) is 17.6 Å². The van der Waals surface area contributed by atoms with Crippen LogP contribution in [0.5, 0.6) is 0 Å². The van der Waals surface area contributed by atoms with Crippen molar-refractivity contribution in [2.45, 2.75) is 52.7 Å². The molecule has 0 saturated heterocycles. The van der Waals surface area contributed by atoms with Gasteiger partial charge in [0, 0.05) is 19.7 Å². The Morgan fingerprint density at radius 3 is 2.67 bits per heavy atom. The van der Waals surface area contributed by atoms with E-state index in [1.54, 1.807) is 25.3 Å². The fourth-order valence-electron chi connectivity index (χ4n) is 2.39. The Balaban J connectivity index is 2.56. The van der Waals surface area contributed by atoms with Crippen molar-refractivity contribution in [2.24, 2.45) is 10.9 Å². The molecule has 0 amide bonds. The average molecular weight is 339 g/mol. The number of guanidine groups is 1. The maximum Gasteiger partial charge on any atom is 0.191 e. The van der Waals surface area contributed by atoms with Crippen LogP contribution < -0.4 is 10.6 Å². The van der Waals surface area contributed by atoms with Crippen molar-refractivity contribution in [1.29, 1.82) is 0 Å². The van der Waals surface area contributed by atoms with E-state index >= 15 is 0 Å². The first-order valence-corrected chi connectivity index (χ1v) is 8.80. The van der Waals surface area contributed by atoms with Crippen LogP contribution in [0.1, 0.15) is 46.8 Å². The molecule has 0 spiro atoms. The van der Waals surface area contributed by atoms with Gasteiger partial charge in [-0.05, 0) is 45.2 Å². The lowest BCUT2D eigenvalue weighted by atomic mass is 10.0. The third-order valence-electron chi connectivity index (χ3n) is 3.79. The highest BCUT2D eigenvalue weighted by Gasteiger charge is 2.26. The van der Waals surface area contributed by atoms with Gasteiger partial charge in [-0.3, -0.25) is 0 Å². The van der Waals surface area contributed by atoms with Gasteiger partial charge in [0.05, 0.1) is 18.9 Å². The predicted molar refractivity (Wildman–Crippen MR) is 97.1 cm³/mol. The van der Waals surface area contributed by atoms with Gasteiger partial charge in [0.25, 0.3) is 0 Å². The minimum Gasteiger partial charge on any atom is -0.466 e. The molecule has 6 nitrogen and oxygen atoms in total. The molecule has 3 N–H and O–H groups in total. The van der Waals surface area contributed by atoms with E-state index in [1.165, 1.54) is 0 Å². The van der Waals surface area contributed by atoms with Crippen molar-refractivity contribution in [1.82, 2.24) is 10.6 Å². The van der Waals surface area contributed by atoms with E-state index in [2.05, 4.69) is 29.5 Å². The highest BCUT2D eigenvalue weighted by molar-refractivity contribution is 5.79. The van der Waals surface area contributed by atoms with Crippen LogP contribution in [0.25, 0.3) is 0 Å². The SMILES string of the molecule is CCNC(=NCC(C)(O)c1ccco1)NCCC(OCC)C(C)C. The maximum absolute atomic E-state index is 10.5. The summed E-state index contributed by atoms with van der Waals surface area (Å²) in [4.78, 5) is 4.47. The standard InChI is InChI=1S/C18H33N3O3/c1-6-19-17(20-11-10-15(14(3)4)23-7-2)21-13-18(5,22)16-9-8-12-24-16/h8-9,12,14-15,22H,6-7,10-11,13H2,1-5H3,(H2,19,20,21). The van der Waals surface area contributed by atoms with Gasteiger partial charge >= 0.3 is 0 Å². The summed E-state index contributed by atoms with van der Waals surface area (Å²) in [6.07, 6.45) is 2.69. The average Bonchev–Trinajstić information content (AvgIpc) is 3.07. The van der Waals surface area contributed by atoms with Gasteiger partial charge in [-0.25, -0.2) is 4.99 Å². The Bertz CT molecular complexity index is 470. The van der Waals surface area contributed by atoms with Crippen LogP contribution in [-0.2, 0) is 10.3 Å². The van der Waals surface area contributed by atoms with Crippen LogP contribution in [-0.4, -0.2) is 43.4 Å². The molecule has 0 fully saturated rings. The second-order valence-electron chi connectivity index (χ2n) is 6.40. The zero-order valence-electron chi connectivity index (χ0n) is 15.6. The molecule has 0 aliphatic rings. The van der Waals surface area contributed by atoms with E-state index in [0.717, 1.165) is 26.1 Å². The molecular formula is C18H33N3O3. The number of furan rings is 1. The molecule has 0 aromatic carbocycles. The number of rotatable bonds is 10. The third-order valence-corrected chi connectivity index (χ3v) is 3.79. The number of ether oxygens (including phenoxy) is 1. The van der Waals surface area contributed by atoms with Gasteiger partial charge in [0.15, 0.2) is 5.96 Å². The topological polar surface area (TPSA) is 79.0 Å². The van der Waals surface area contributed by atoms with Crippen LogP contribution in [0.3, 0.4) is 0 Å². The van der Waals surface area contributed by atoms with Gasteiger partial charge in [-0.1, -0.05) is 13.8 Å². The smallest absolute Gasteiger partial charge is 0.191 e. The molecular weight excluding hydrogens is 306 g/mol. The summed E-state index contributed by atoms with van der Waals surface area (Å²) in [5.41, 5.74) is -1.13. The Morgan fingerprint density at radius 1 is 1.38 bits per heavy atom. The third kappa shape index (κ3) is 6.93. The molecule has 1 rings (SSSR count). The molecule has 24 heavy (non-hydrogen) atoms. The molecule has 0 bridgehead atoms. The lowest BCUT2D eigenvalue weighted by Gasteiger charge is -2.22. The van der Waals surface area contributed by atoms with Crippen LogP contribution >= 0.6 is 0 Å². The fourth-order valence-corrected chi connectivity index (χ4v) is 2.39. The Labute approximate surface area is 145 Å². The quantitative estimate of drug-likeness (QED) is 0.451. The molecule has 0 radical (unpaired) electrons. The summed E-state index contributed by atoms with van der Waals surface area (Å²) < 4.78 is 11.0. The first-order valence-electron chi connectivity index (χ1n) is 8.80. The lowest BCUT2D eigenvalue weighted by molar-refractivity contribution is 0.0257. The zero-order chi connectivity index (χ0) is 18.0. The van der Waals surface area contributed by atoms with Crippen molar-refractivity contribution in [3.05, 3.63) is 24.2 Å². The van der Waals surface area contributed by atoms with Crippen LogP contribution in [0, 0.1) is 5.92 Å². The number of aliphatic hydroxyl groups is 1. The van der Waals surface area contributed by atoms with E-state index < -0.39 is 5.60 Å². The molecule has 1 aromatic heterocycles. The summed E-state index contributed by atoms with van der Waals surface area (Å²) in [6, 6.07) is 3.52. The van der Waals surface area contributed by atoms with Crippen molar-refractivity contribution >= 4 is 5.96 Å². The maximum atomic E-state index is 10.5. The van der Waals surface area contributed by atoms with Crippen LogP contribution in [0.2, 0.25) is 0 Å². The number of hydrogen-bond donors (Lipinski definition) is 3. The molecule has 1 heterocycles. The summed E-state index contributed by atoms with van der Waals surface area (Å²) in [6.45, 7) is 12.5. The van der Waals surface area contributed by atoms with Crippen molar-refractivity contribution < 1.29 is 14.3 Å². The van der Waals surface area contributed by atoms with E-state index in [4.69, 9.17) is 9.15 Å². The fraction of sp³-hybridized carbons (Fsp3) is 0.722. The molecule has 138 valence electrons. The van der Waals surface area contributed by atoms with Crippen molar-refractivity contribution in [2.75, 3.05) is 26.2 Å². The Morgan fingerprint density at radius 2 is 2.12 bits per heavy atom. The lowest BCUT2D eigenvalue weighted by Crippen LogP contribution is -2.40. The molecule has 0 saturated carbocycles. The number of nitrogens with one attached hydrogen (secondary N) is 2. The van der Waals surface area contributed by atoms with Gasteiger partial charge in [-0.15, -0.1) is 0 Å². The van der Waals surface area contributed by atoms with E-state index in [-0.39, 0.29) is 12.6 Å². The highest BCUT2D eigenvalue weighted by Crippen LogP contribution is 2.21. The normalized spacial score (nSPS) is 16.0. The Kier molecular flexibility index (Phi) is 8.85. The summed E-state index contributed by atoms with van der Waals surface area (Å²) in [5, 5.41) is 17.0. The largest absolute Gasteiger partial charge is 0.466 e. The molecule has 2 atom stereocenters. The number of aliphatic imine (C=N–C) groups is 1. The van der Waals surface area contributed by atoms with E-state index in [9.17, 15) is 5.11 Å². The second-order valence-corrected chi connectivity index (χ2v) is 6.40. The first-order chi connectivity index (χ1) is 11.4. The van der Waals surface area contributed by atoms with Crippen LogP contribution in [0.4, 0.5) is 0 Å². The molecule has 0 aliphatic carbocycles. The minimum atomic E-state index is -1.13. The van der Waals surface area contributed by atoms with Gasteiger partial charge in [0.1, 0.15) is 11.4 Å². The van der Waals surface area contributed by atoms with Crippen molar-refractivity contribution in [3.63, 3.8) is 0 Å². The molecule has 1 aromatic rings. The van der Waals surface area contributed by atoms with Gasteiger partial charge < -0.3 is 24.9 Å². The van der Waals surface area contributed by atoms with Crippen molar-refractivity contribution in [3.8, 4) is 0 Å². The molecule has 2 unspecified atom stereocenters. The Hall–Kier alpha value is -1.53. The van der Waals surface area contributed by atoms with Gasteiger partial charge in [-0.2, -0.15) is 0 Å². The number of hydrogen-bond acceptors (Lipinski definition) is 4. The first kappa shape index (κ1) is 20.5. The minimum absolute atomic E-state index is 0.217. The predicted octanol–water partition coefficient (Wildman–Crippen LogP) is 2.49. The zero-order valence-corrected chi connectivity index (χ0v) is 15.6. The summed E-state index contributed by atoms with van der Waals surface area (Å²) in [7, 11) is 0. The summed E-state index contributed by atoms with van der Waals surface area (Å²) >= 11 is 0. The highest BCUT2D eigenvalue weighted by atomic mass is 16.5. The van der Waals surface area contributed by atoms with E-state index in [1.807, 2.05) is 13.8 Å². The number of nitrogens with zero attached hydrogens (tertiary/aromatic N) is 1. The molecule has 0 aliphatic heterocycles. The summed E-state index contributed by atoms with van der Waals surface area (Å²) in [5.74, 6) is 1.67. The van der Waals surface area contributed by atoms with Gasteiger partial charge in [0.2, 0.25) is 0 Å². The monoisotopic (exact) mass is 339 g/mol. The van der Waals surface area contributed by atoms with Crippen LogP contribution in [0.15, 0.2) is 27.8 Å². The molecule has 6 heteroatoms. The second kappa shape index (κ2) is 10.4.